The predicted molar refractivity (Wildman–Crippen MR) is 190 cm³/mol. The van der Waals surface area contributed by atoms with Gasteiger partial charge in [-0.2, -0.15) is 0 Å². The van der Waals surface area contributed by atoms with E-state index >= 15 is 0 Å². The van der Waals surface area contributed by atoms with Gasteiger partial charge in [-0.15, -0.1) is 0 Å². The summed E-state index contributed by atoms with van der Waals surface area (Å²) in [6.07, 6.45) is 1.91. The van der Waals surface area contributed by atoms with Crippen LogP contribution in [0.1, 0.15) is 27.8 Å². The number of hydrogen-bond donors (Lipinski definition) is 0. The molecule has 0 fully saturated rings. The molecule has 6 rings (SSSR count). The van der Waals surface area contributed by atoms with E-state index in [0.29, 0.717) is 0 Å². The van der Waals surface area contributed by atoms with Crippen LogP contribution in [0.3, 0.4) is 0 Å². The Morgan fingerprint density at radius 3 is 1.11 bits per heavy atom. The first-order valence-corrected chi connectivity index (χ1v) is 15.1. The topological polar surface area (TPSA) is 6.48 Å². The molecular weight excluding hydrogens is 532 g/mol. The lowest BCUT2D eigenvalue weighted by Crippen LogP contribution is -2.10. The lowest BCUT2D eigenvalue weighted by atomic mass is 10.0. The van der Waals surface area contributed by atoms with Crippen LogP contribution in [0.15, 0.2) is 146 Å². The molecule has 2 nitrogen and oxygen atoms in total. The normalized spacial score (nSPS) is 10.8. The van der Waals surface area contributed by atoms with Gasteiger partial charge in [0.05, 0.1) is 0 Å². The van der Waals surface area contributed by atoms with Crippen LogP contribution in [0, 0.1) is 27.7 Å². The van der Waals surface area contributed by atoms with Crippen LogP contribution in [0.25, 0.3) is 17.2 Å². The third kappa shape index (κ3) is 6.07. The Kier molecular flexibility index (Phi) is 8.16. The molecule has 0 aliphatic heterocycles. The quantitative estimate of drug-likeness (QED) is 0.180. The van der Waals surface area contributed by atoms with Gasteiger partial charge in [0.1, 0.15) is 0 Å². The third-order valence-electron chi connectivity index (χ3n) is 8.10. The molecule has 0 saturated carbocycles. The molecule has 2 heteroatoms. The van der Waals surface area contributed by atoms with Crippen molar-refractivity contribution in [3.05, 3.63) is 174 Å². The van der Waals surface area contributed by atoms with Crippen molar-refractivity contribution < 1.29 is 0 Å². The molecule has 216 valence electrons. The minimum absolute atomic E-state index is 1.12. The molecule has 0 unspecified atom stereocenters. The van der Waals surface area contributed by atoms with Crippen molar-refractivity contribution >= 4 is 40.2 Å². The zero-order valence-electron chi connectivity index (χ0n) is 26.0. The van der Waals surface area contributed by atoms with Crippen LogP contribution in [-0.4, -0.2) is 0 Å². The fourth-order valence-electron chi connectivity index (χ4n) is 5.83. The number of aryl methyl sites for hydroxylation is 4. The van der Waals surface area contributed by atoms with E-state index in [1.165, 1.54) is 33.4 Å². The molecule has 6 aromatic carbocycles. The Morgan fingerprint density at radius 2 is 0.773 bits per heavy atom. The van der Waals surface area contributed by atoms with E-state index in [9.17, 15) is 0 Å². The van der Waals surface area contributed by atoms with Crippen molar-refractivity contribution in [2.45, 2.75) is 27.7 Å². The molecule has 44 heavy (non-hydrogen) atoms. The van der Waals surface area contributed by atoms with Crippen LogP contribution in [0.2, 0.25) is 0 Å². The van der Waals surface area contributed by atoms with E-state index in [4.69, 9.17) is 0 Å². The Hall–Kier alpha value is -5.34. The second-order valence-corrected chi connectivity index (χ2v) is 11.5. The molecule has 0 aliphatic carbocycles. The zero-order valence-corrected chi connectivity index (χ0v) is 26.0. The first-order valence-electron chi connectivity index (χ1n) is 15.1. The maximum atomic E-state index is 3.97. The van der Waals surface area contributed by atoms with Crippen molar-refractivity contribution in [2.75, 3.05) is 9.80 Å². The summed E-state index contributed by atoms with van der Waals surface area (Å²) in [6.45, 7) is 12.5. The highest BCUT2D eigenvalue weighted by Crippen LogP contribution is 2.39. The highest BCUT2D eigenvalue weighted by molar-refractivity contribution is 5.81. The predicted octanol–water partition coefficient (Wildman–Crippen LogP) is 12.2. The second kappa shape index (κ2) is 12.5. The van der Waals surface area contributed by atoms with Crippen LogP contribution < -0.4 is 9.80 Å². The van der Waals surface area contributed by atoms with Crippen LogP contribution in [-0.2, 0) is 0 Å². The summed E-state index contributed by atoms with van der Waals surface area (Å²) in [4.78, 5) is 4.65. The fourth-order valence-corrected chi connectivity index (χ4v) is 5.83. The van der Waals surface area contributed by atoms with Crippen LogP contribution in [0.4, 0.5) is 34.1 Å². The van der Waals surface area contributed by atoms with Gasteiger partial charge < -0.3 is 9.80 Å². The molecule has 0 bridgehead atoms. The first kappa shape index (κ1) is 28.8. The third-order valence-corrected chi connectivity index (χ3v) is 8.10. The molecular formula is C42H38N2. The molecule has 0 aromatic heterocycles. The van der Waals surface area contributed by atoms with E-state index in [2.05, 4.69) is 184 Å². The molecule has 0 N–H and O–H groups in total. The van der Waals surface area contributed by atoms with E-state index in [1.807, 2.05) is 6.08 Å². The summed E-state index contributed by atoms with van der Waals surface area (Å²) < 4.78 is 0. The van der Waals surface area contributed by atoms with Crippen molar-refractivity contribution in [1.29, 1.82) is 0 Å². The number of nitrogens with zero attached hydrogens (tertiary/aromatic N) is 2. The summed E-state index contributed by atoms with van der Waals surface area (Å²) in [5.74, 6) is 0. The van der Waals surface area contributed by atoms with E-state index < -0.39 is 0 Å². The first-order chi connectivity index (χ1) is 21.4. The maximum absolute atomic E-state index is 3.97. The minimum Gasteiger partial charge on any atom is -0.310 e. The van der Waals surface area contributed by atoms with Gasteiger partial charge in [0.15, 0.2) is 0 Å². The number of benzene rings is 6. The summed E-state index contributed by atoms with van der Waals surface area (Å²) >= 11 is 0. The molecule has 0 aliphatic rings. The van der Waals surface area contributed by atoms with Gasteiger partial charge in [-0.25, -0.2) is 0 Å². The zero-order chi connectivity index (χ0) is 30.6. The van der Waals surface area contributed by atoms with Gasteiger partial charge in [0.2, 0.25) is 0 Å². The molecule has 0 atom stereocenters. The summed E-state index contributed by atoms with van der Waals surface area (Å²) in [7, 11) is 0. The Morgan fingerprint density at radius 1 is 0.409 bits per heavy atom. The van der Waals surface area contributed by atoms with Gasteiger partial charge in [0.25, 0.3) is 0 Å². The highest BCUT2D eigenvalue weighted by Gasteiger charge is 2.15. The standard InChI is InChI=1S/C42H38N2/c1-6-34-16-25-42(29-33(34)5)44(41-15-9-12-32(4)28-41)38-23-19-36(20-24-38)35-17-21-37(22-18-35)43(39-13-7-10-30(2)26-39)40-14-8-11-31(3)27-40/h6-29H,1H2,2-5H3. The summed E-state index contributed by atoms with van der Waals surface area (Å²) in [6, 6.07) is 50.3. The van der Waals surface area contributed by atoms with Gasteiger partial charge in [-0.05, 0) is 139 Å². The SMILES string of the molecule is C=Cc1ccc(N(c2ccc(-c3ccc(N(c4cccc(C)c4)c4cccc(C)c4)cc3)cc2)c2cccc(C)c2)cc1C. The Balaban J connectivity index is 1.34. The van der Waals surface area contributed by atoms with Crippen molar-refractivity contribution in [2.24, 2.45) is 0 Å². The number of rotatable bonds is 8. The van der Waals surface area contributed by atoms with Crippen LogP contribution in [0.5, 0.6) is 0 Å². The average Bonchev–Trinajstić information content (AvgIpc) is 3.02. The van der Waals surface area contributed by atoms with Gasteiger partial charge in [-0.1, -0.05) is 79.4 Å². The molecule has 0 heterocycles. The van der Waals surface area contributed by atoms with Gasteiger partial charge in [0, 0.05) is 34.1 Å². The van der Waals surface area contributed by atoms with E-state index in [-0.39, 0.29) is 0 Å². The molecule has 0 spiro atoms. The molecule has 0 amide bonds. The second-order valence-electron chi connectivity index (χ2n) is 11.5. The largest absolute Gasteiger partial charge is 0.310 e. The van der Waals surface area contributed by atoms with Crippen molar-refractivity contribution in [3.8, 4) is 11.1 Å². The average molecular weight is 571 g/mol. The Bertz CT molecular complexity index is 1870. The lowest BCUT2D eigenvalue weighted by Gasteiger charge is -2.27. The van der Waals surface area contributed by atoms with E-state index in [1.54, 1.807) is 0 Å². The number of hydrogen-bond acceptors (Lipinski definition) is 2. The summed E-state index contributed by atoms with van der Waals surface area (Å²) in [5, 5.41) is 0. The van der Waals surface area contributed by atoms with Gasteiger partial charge >= 0.3 is 0 Å². The van der Waals surface area contributed by atoms with E-state index in [0.717, 1.165) is 39.7 Å². The van der Waals surface area contributed by atoms with Gasteiger partial charge in [-0.3, -0.25) is 0 Å². The lowest BCUT2D eigenvalue weighted by molar-refractivity contribution is 1.26. The minimum atomic E-state index is 1.12. The van der Waals surface area contributed by atoms with Crippen molar-refractivity contribution in [1.82, 2.24) is 0 Å². The molecule has 6 aromatic rings. The number of anilines is 6. The molecule has 0 radical (unpaired) electrons. The van der Waals surface area contributed by atoms with Crippen LogP contribution >= 0.6 is 0 Å². The fraction of sp³-hybridized carbons (Fsp3) is 0.0952. The summed E-state index contributed by atoms with van der Waals surface area (Å²) in [5.41, 5.74) is 15.3. The molecule has 0 saturated heterocycles. The smallest absolute Gasteiger partial charge is 0.0464 e. The monoisotopic (exact) mass is 570 g/mol. The Labute approximate surface area is 262 Å². The maximum Gasteiger partial charge on any atom is 0.0464 e. The highest BCUT2D eigenvalue weighted by atomic mass is 15.1. The van der Waals surface area contributed by atoms with Crippen molar-refractivity contribution in [3.63, 3.8) is 0 Å².